The van der Waals surface area contributed by atoms with E-state index in [1.807, 2.05) is 17.1 Å². The standard InChI is InChI=1S/C20H30N3O3/c1-7-19(3,4)14-20(5,8-2)22-12-11-21(15-22)17-10-9-16(23(24)25)13-18(17)26-6/h9-13,15H,7-8,14H2,1-6H3/q+1. The van der Waals surface area contributed by atoms with Crippen molar-refractivity contribution in [2.24, 2.45) is 5.41 Å². The third kappa shape index (κ3) is 4.06. The number of hydrogen-bond acceptors (Lipinski definition) is 3. The molecule has 1 heterocycles. The monoisotopic (exact) mass is 360 g/mol. The molecular formula is C20H30N3O3+. The van der Waals surface area contributed by atoms with Crippen LogP contribution in [0.1, 0.15) is 53.9 Å². The summed E-state index contributed by atoms with van der Waals surface area (Å²) < 4.78 is 9.57. The minimum atomic E-state index is -0.414. The molecule has 142 valence electrons. The van der Waals surface area contributed by atoms with Crippen LogP contribution in [-0.4, -0.2) is 16.6 Å². The summed E-state index contributed by atoms with van der Waals surface area (Å²) in [5.74, 6) is 0.481. The van der Waals surface area contributed by atoms with E-state index in [4.69, 9.17) is 4.74 Å². The predicted octanol–water partition coefficient (Wildman–Crippen LogP) is 4.63. The summed E-state index contributed by atoms with van der Waals surface area (Å²) in [6, 6.07) is 4.68. The molecule has 26 heavy (non-hydrogen) atoms. The Balaban J connectivity index is 2.41. The molecule has 1 aromatic carbocycles. The largest absolute Gasteiger partial charge is 0.492 e. The van der Waals surface area contributed by atoms with Gasteiger partial charge in [0, 0.05) is 6.07 Å². The fourth-order valence-corrected chi connectivity index (χ4v) is 3.36. The average Bonchev–Trinajstić information content (AvgIpc) is 3.11. The zero-order valence-electron chi connectivity index (χ0n) is 16.7. The van der Waals surface area contributed by atoms with Crippen molar-refractivity contribution < 1.29 is 14.2 Å². The highest BCUT2D eigenvalue weighted by molar-refractivity contribution is 5.53. The average molecular weight is 360 g/mol. The van der Waals surface area contributed by atoms with Crippen LogP contribution in [0.15, 0.2) is 36.9 Å². The van der Waals surface area contributed by atoms with Crippen LogP contribution in [0.2, 0.25) is 0 Å². The Labute approximate surface area is 155 Å². The summed E-state index contributed by atoms with van der Waals surface area (Å²) >= 11 is 0. The Morgan fingerprint density at radius 2 is 1.92 bits per heavy atom. The van der Waals surface area contributed by atoms with E-state index < -0.39 is 4.92 Å². The molecular weight excluding hydrogens is 330 g/mol. The fourth-order valence-electron chi connectivity index (χ4n) is 3.36. The lowest BCUT2D eigenvalue weighted by Gasteiger charge is -2.34. The second kappa shape index (κ2) is 7.48. The minimum Gasteiger partial charge on any atom is -0.492 e. The van der Waals surface area contributed by atoms with Gasteiger partial charge in [-0.2, -0.15) is 4.57 Å². The number of non-ortho nitro benzene ring substituents is 1. The van der Waals surface area contributed by atoms with Crippen LogP contribution < -0.4 is 9.30 Å². The highest BCUT2D eigenvalue weighted by Gasteiger charge is 2.36. The molecule has 1 unspecified atom stereocenters. The number of hydrogen-bond donors (Lipinski definition) is 0. The molecule has 0 spiro atoms. The van der Waals surface area contributed by atoms with E-state index in [-0.39, 0.29) is 16.6 Å². The van der Waals surface area contributed by atoms with Crippen molar-refractivity contribution in [3.63, 3.8) is 0 Å². The number of aromatic nitrogens is 2. The van der Waals surface area contributed by atoms with Gasteiger partial charge in [0.25, 0.3) is 5.69 Å². The lowest BCUT2D eigenvalue weighted by Crippen LogP contribution is -2.54. The van der Waals surface area contributed by atoms with Crippen LogP contribution in [0.3, 0.4) is 0 Å². The number of nitro benzene ring substituents is 1. The van der Waals surface area contributed by atoms with Crippen molar-refractivity contribution in [1.29, 1.82) is 0 Å². The van der Waals surface area contributed by atoms with Crippen LogP contribution in [-0.2, 0) is 5.54 Å². The molecule has 0 aliphatic rings. The molecule has 1 aromatic heterocycles. The van der Waals surface area contributed by atoms with Gasteiger partial charge in [0.1, 0.15) is 17.9 Å². The number of nitro groups is 1. The summed E-state index contributed by atoms with van der Waals surface area (Å²) in [6.45, 7) is 11.3. The van der Waals surface area contributed by atoms with Crippen molar-refractivity contribution in [2.75, 3.05) is 7.11 Å². The van der Waals surface area contributed by atoms with Gasteiger partial charge in [-0.25, -0.2) is 4.57 Å². The van der Waals surface area contributed by atoms with Gasteiger partial charge in [0.15, 0.2) is 11.4 Å². The van der Waals surface area contributed by atoms with E-state index in [1.54, 1.807) is 6.07 Å². The quantitative estimate of drug-likeness (QED) is 0.392. The molecule has 2 aromatic rings. The van der Waals surface area contributed by atoms with Crippen molar-refractivity contribution in [1.82, 2.24) is 4.57 Å². The first kappa shape index (κ1) is 19.9. The van der Waals surface area contributed by atoms with Crippen LogP contribution in [0.25, 0.3) is 5.69 Å². The van der Waals surface area contributed by atoms with Gasteiger partial charge in [0.05, 0.1) is 18.1 Å². The van der Waals surface area contributed by atoms with Gasteiger partial charge in [-0.3, -0.25) is 10.1 Å². The zero-order chi connectivity index (χ0) is 19.5. The Hall–Kier alpha value is -2.37. The summed E-state index contributed by atoms with van der Waals surface area (Å²) in [5, 5.41) is 11.0. The predicted molar refractivity (Wildman–Crippen MR) is 102 cm³/mol. The van der Waals surface area contributed by atoms with Crippen molar-refractivity contribution in [3.8, 4) is 11.4 Å². The minimum absolute atomic E-state index is 0.00122. The molecule has 0 N–H and O–H groups in total. The van der Waals surface area contributed by atoms with Crippen LogP contribution >= 0.6 is 0 Å². The number of benzene rings is 1. The second-order valence-electron chi connectivity index (χ2n) is 7.89. The highest BCUT2D eigenvalue weighted by Crippen LogP contribution is 2.34. The zero-order valence-corrected chi connectivity index (χ0v) is 16.7. The van der Waals surface area contributed by atoms with E-state index in [9.17, 15) is 10.1 Å². The topological polar surface area (TPSA) is 61.2 Å². The Morgan fingerprint density at radius 3 is 2.46 bits per heavy atom. The fraction of sp³-hybridized carbons (Fsp3) is 0.550. The third-order valence-corrected chi connectivity index (χ3v) is 5.49. The Bertz CT molecular complexity index is 782. The second-order valence-corrected chi connectivity index (χ2v) is 7.89. The maximum absolute atomic E-state index is 11.0. The van der Waals surface area contributed by atoms with Gasteiger partial charge >= 0.3 is 0 Å². The van der Waals surface area contributed by atoms with Crippen molar-refractivity contribution in [3.05, 3.63) is 47.0 Å². The molecule has 0 saturated heterocycles. The maximum atomic E-state index is 11.0. The first-order valence-corrected chi connectivity index (χ1v) is 9.08. The molecule has 0 amide bonds. The van der Waals surface area contributed by atoms with E-state index in [0.717, 1.165) is 24.9 Å². The lowest BCUT2D eigenvalue weighted by atomic mass is 9.76. The van der Waals surface area contributed by atoms with Gasteiger partial charge in [-0.1, -0.05) is 34.1 Å². The molecule has 6 nitrogen and oxygen atoms in total. The number of imidazole rings is 1. The van der Waals surface area contributed by atoms with E-state index in [1.165, 1.54) is 19.2 Å². The van der Waals surface area contributed by atoms with Gasteiger partial charge < -0.3 is 4.74 Å². The third-order valence-electron chi connectivity index (χ3n) is 5.49. The number of nitrogens with zero attached hydrogens (tertiary/aromatic N) is 3. The van der Waals surface area contributed by atoms with E-state index >= 15 is 0 Å². The maximum Gasteiger partial charge on any atom is 0.273 e. The lowest BCUT2D eigenvalue weighted by molar-refractivity contribution is -0.764. The SMILES string of the molecule is CCC(C)(C)CC(C)(CC)[n+]1ccn(-c2ccc([N+](=O)[O-])cc2OC)c1. The van der Waals surface area contributed by atoms with Gasteiger partial charge in [-0.15, -0.1) is 0 Å². The van der Waals surface area contributed by atoms with Gasteiger partial charge in [0.2, 0.25) is 6.33 Å². The number of methoxy groups -OCH3 is 1. The Morgan fingerprint density at radius 1 is 1.23 bits per heavy atom. The van der Waals surface area contributed by atoms with Crippen LogP contribution in [0, 0.1) is 15.5 Å². The smallest absolute Gasteiger partial charge is 0.273 e. The van der Waals surface area contributed by atoms with Gasteiger partial charge in [-0.05, 0) is 31.2 Å². The van der Waals surface area contributed by atoms with E-state index in [2.05, 4.69) is 45.4 Å². The molecule has 0 saturated carbocycles. The first-order valence-electron chi connectivity index (χ1n) is 9.08. The molecule has 2 rings (SSSR count). The van der Waals surface area contributed by atoms with E-state index in [0.29, 0.717) is 5.75 Å². The Kier molecular flexibility index (Phi) is 5.74. The summed E-state index contributed by atoms with van der Waals surface area (Å²) in [5.41, 5.74) is 1.06. The summed E-state index contributed by atoms with van der Waals surface area (Å²) in [4.78, 5) is 10.6. The molecule has 0 fully saturated rings. The van der Waals surface area contributed by atoms with Crippen molar-refractivity contribution >= 4 is 5.69 Å². The molecule has 1 atom stereocenters. The number of rotatable bonds is 8. The summed E-state index contributed by atoms with van der Waals surface area (Å²) in [7, 11) is 1.53. The first-order chi connectivity index (χ1) is 12.2. The highest BCUT2D eigenvalue weighted by atomic mass is 16.6. The molecule has 0 aliphatic heterocycles. The molecule has 0 bridgehead atoms. The molecule has 0 radical (unpaired) electrons. The van der Waals surface area contributed by atoms with Crippen LogP contribution in [0.5, 0.6) is 5.75 Å². The van der Waals surface area contributed by atoms with Crippen molar-refractivity contribution in [2.45, 2.75) is 59.4 Å². The summed E-state index contributed by atoms with van der Waals surface area (Å²) in [6.07, 6.45) is 9.28. The molecule has 0 aliphatic carbocycles. The molecule has 6 heteroatoms. The van der Waals surface area contributed by atoms with Crippen LogP contribution in [0.4, 0.5) is 5.69 Å². The number of ether oxygens (including phenoxy) is 1. The normalized spacial score (nSPS) is 14.1.